The van der Waals surface area contributed by atoms with Gasteiger partial charge in [0.1, 0.15) is 5.75 Å². The molecule has 0 aromatic heterocycles. The van der Waals surface area contributed by atoms with Crippen LogP contribution in [-0.4, -0.2) is 12.3 Å². The number of nitrogens with two attached hydrogens (primary N) is 1. The summed E-state index contributed by atoms with van der Waals surface area (Å²) in [4.78, 5) is 10.9. The molecule has 1 aromatic rings. The van der Waals surface area contributed by atoms with Gasteiger partial charge in [-0.3, -0.25) is 4.79 Å². The smallest absolute Gasteiger partial charge is 0.405 e. The molecule has 1 amide bonds. The lowest BCUT2D eigenvalue weighted by Crippen LogP contribution is -2.21. The zero-order chi connectivity index (χ0) is 11.6. The van der Waals surface area contributed by atoms with E-state index in [-0.39, 0.29) is 5.56 Å². The molecule has 15 heavy (non-hydrogen) atoms. The van der Waals surface area contributed by atoms with Gasteiger partial charge in [-0.1, -0.05) is 6.07 Å². The number of carbonyl (C=O) groups is 1. The average molecular weight is 331 g/mol. The zero-order valence-electron chi connectivity index (χ0n) is 7.14. The van der Waals surface area contributed by atoms with Gasteiger partial charge in [0.05, 0.1) is 5.56 Å². The van der Waals surface area contributed by atoms with Gasteiger partial charge in [-0.25, -0.2) is 0 Å². The Morgan fingerprint density at radius 3 is 2.47 bits per heavy atom. The molecule has 0 saturated heterocycles. The molecule has 0 spiro atoms. The largest absolute Gasteiger partial charge is 0.573 e. The Kier molecular flexibility index (Phi) is 3.42. The van der Waals surface area contributed by atoms with Crippen molar-refractivity contribution in [2.75, 3.05) is 0 Å². The Morgan fingerprint density at radius 2 is 2.00 bits per heavy atom. The minimum atomic E-state index is -4.84. The molecular weight excluding hydrogens is 326 g/mol. The Bertz CT molecular complexity index is 392. The van der Waals surface area contributed by atoms with Crippen LogP contribution >= 0.6 is 22.6 Å². The summed E-state index contributed by atoms with van der Waals surface area (Å²) >= 11 is 1.70. The van der Waals surface area contributed by atoms with E-state index in [0.29, 0.717) is 3.57 Å². The molecule has 82 valence electrons. The summed E-state index contributed by atoms with van der Waals surface area (Å²) in [6, 6.07) is 3.84. The van der Waals surface area contributed by atoms with E-state index in [1.807, 2.05) is 0 Å². The molecule has 0 aliphatic rings. The first kappa shape index (κ1) is 12.1. The lowest BCUT2D eigenvalue weighted by atomic mass is 10.2. The molecule has 0 aliphatic carbocycles. The summed E-state index contributed by atoms with van der Waals surface area (Å²) in [5, 5.41) is 0. The third-order valence-corrected chi connectivity index (χ3v) is 2.35. The molecule has 0 unspecified atom stereocenters. The van der Waals surface area contributed by atoms with Crippen LogP contribution in [0.1, 0.15) is 10.4 Å². The summed E-state index contributed by atoms with van der Waals surface area (Å²) in [5.74, 6) is -1.54. The second-order valence-electron chi connectivity index (χ2n) is 2.53. The van der Waals surface area contributed by atoms with Crippen LogP contribution in [-0.2, 0) is 0 Å². The normalized spacial score (nSPS) is 11.2. The molecule has 0 fully saturated rings. The first-order chi connectivity index (χ1) is 6.81. The van der Waals surface area contributed by atoms with Crippen LogP contribution in [0.3, 0.4) is 0 Å². The molecule has 1 aromatic carbocycles. The number of primary amides is 1. The second-order valence-corrected chi connectivity index (χ2v) is 3.69. The number of ether oxygens (including phenoxy) is 1. The highest BCUT2D eigenvalue weighted by atomic mass is 127. The minimum Gasteiger partial charge on any atom is -0.405 e. The fraction of sp³-hybridized carbons (Fsp3) is 0.125. The van der Waals surface area contributed by atoms with Crippen LogP contribution in [0.5, 0.6) is 5.75 Å². The molecule has 0 aliphatic heterocycles. The Hall–Kier alpha value is -0.990. The van der Waals surface area contributed by atoms with E-state index in [0.717, 1.165) is 6.07 Å². The number of amides is 1. The van der Waals surface area contributed by atoms with Gasteiger partial charge < -0.3 is 10.5 Å². The molecule has 0 heterocycles. The first-order valence-electron chi connectivity index (χ1n) is 3.65. The van der Waals surface area contributed by atoms with Crippen molar-refractivity contribution < 1.29 is 22.7 Å². The molecule has 1 rings (SSSR count). The van der Waals surface area contributed by atoms with Crippen molar-refractivity contribution in [2.45, 2.75) is 6.36 Å². The molecule has 3 nitrogen and oxygen atoms in total. The number of alkyl halides is 3. The highest BCUT2D eigenvalue weighted by molar-refractivity contribution is 14.1. The van der Waals surface area contributed by atoms with Crippen molar-refractivity contribution in [3.8, 4) is 5.75 Å². The van der Waals surface area contributed by atoms with Gasteiger partial charge in [-0.05, 0) is 34.7 Å². The van der Waals surface area contributed by atoms with Crippen molar-refractivity contribution in [2.24, 2.45) is 5.73 Å². The van der Waals surface area contributed by atoms with Gasteiger partial charge >= 0.3 is 6.36 Å². The van der Waals surface area contributed by atoms with Crippen LogP contribution < -0.4 is 10.5 Å². The Labute approximate surface area is 96.5 Å². The van der Waals surface area contributed by atoms with Gasteiger partial charge in [0, 0.05) is 3.57 Å². The Morgan fingerprint density at radius 1 is 1.40 bits per heavy atom. The molecular formula is C8H5F3INO2. The maximum Gasteiger partial charge on any atom is 0.573 e. The molecule has 0 saturated carbocycles. The quantitative estimate of drug-likeness (QED) is 0.846. The van der Waals surface area contributed by atoms with Crippen molar-refractivity contribution in [3.05, 3.63) is 27.3 Å². The SMILES string of the molecule is NC(=O)c1c(I)cccc1OC(F)(F)F. The van der Waals surface area contributed by atoms with Gasteiger partial charge in [-0.2, -0.15) is 0 Å². The van der Waals surface area contributed by atoms with E-state index >= 15 is 0 Å². The topological polar surface area (TPSA) is 52.3 Å². The predicted octanol–water partition coefficient (Wildman–Crippen LogP) is 2.29. The zero-order valence-corrected chi connectivity index (χ0v) is 9.30. The third kappa shape index (κ3) is 3.26. The highest BCUT2D eigenvalue weighted by Gasteiger charge is 2.33. The summed E-state index contributed by atoms with van der Waals surface area (Å²) in [7, 11) is 0. The van der Waals surface area contributed by atoms with Crippen molar-refractivity contribution in [1.29, 1.82) is 0 Å². The van der Waals surface area contributed by atoms with Gasteiger partial charge in [0.15, 0.2) is 0 Å². The molecule has 7 heteroatoms. The predicted molar refractivity (Wildman–Crippen MR) is 54.4 cm³/mol. The maximum absolute atomic E-state index is 11.9. The van der Waals surface area contributed by atoms with Crippen LogP contribution in [0.4, 0.5) is 13.2 Å². The first-order valence-corrected chi connectivity index (χ1v) is 4.73. The fourth-order valence-electron chi connectivity index (χ4n) is 0.953. The van der Waals surface area contributed by atoms with Crippen molar-refractivity contribution >= 4 is 28.5 Å². The number of benzene rings is 1. The fourth-order valence-corrected chi connectivity index (χ4v) is 1.69. The van der Waals surface area contributed by atoms with E-state index in [9.17, 15) is 18.0 Å². The van der Waals surface area contributed by atoms with E-state index in [1.165, 1.54) is 12.1 Å². The van der Waals surface area contributed by atoms with E-state index < -0.39 is 18.0 Å². The molecule has 0 bridgehead atoms. The van der Waals surface area contributed by atoms with Crippen LogP contribution in [0.2, 0.25) is 0 Å². The van der Waals surface area contributed by atoms with E-state index in [2.05, 4.69) is 4.74 Å². The van der Waals surface area contributed by atoms with Gasteiger partial charge in [0.25, 0.3) is 5.91 Å². The van der Waals surface area contributed by atoms with E-state index in [1.54, 1.807) is 22.6 Å². The maximum atomic E-state index is 11.9. The van der Waals surface area contributed by atoms with Crippen LogP contribution in [0.25, 0.3) is 0 Å². The molecule has 0 atom stereocenters. The lowest BCUT2D eigenvalue weighted by molar-refractivity contribution is -0.274. The summed E-state index contributed by atoms with van der Waals surface area (Å²) in [6.45, 7) is 0. The van der Waals surface area contributed by atoms with Crippen LogP contribution in [0.15, 0.2) is 18.2 Å². The number of halogens is 4. The van der Waals surface area contributed by atoms with Gasteiger partial charge in [0.2, 0.25) is 0 Å². The van der Waals surface area contributed by atoms with Gasteiger partial charge in [-0.15, -0.1) is 13.2 Å². The number of hydrogen-bond donors (Lipinski definition) is 1. The number of carbonyl (C=O) groups excluding carboxylic acids is 1. The lowest BCUT2D eigenvalue weighted by Gasteiger charge is -2.12. The summed E-state index contributed by atoms with van der Waals surface area (Å²) in [5.41, 5.74) is 4.68. The standard InChI is InChI=1S/C8H5F3INO2/c9-8(10,11)15-5-3-1-2-4(12)6(5)7(13)14/h1-3H,(H2,13,14). The highest BCUT2D eigenvalue weighted by Crippen LogP contribution is 2.28. The van der Waals surface area contributed by atoms with Crippen LogP contribution in [0, 0.1) is 3.57 Å². The average Bonchev–Trinajstić information content (AvgIpc) is 1.99. The van der Waals surface area contributed by atoms with Crippen molar-refractivity contribution in [1.82, 2.24) is 0 Å². The number of hydrogen-bond acceptors (Lipinski definition) is 2. The summed E-state index contributed by atoms with van der Waals surface area (Å²) < 4.78 is 39.8. The minimum absolute atomic E-state index is 0.268. The third-order valence-electron chi connectivity index (χ3n) is 1.45. The number of rotatable bonds is 2. The van der Waals surface area contributed by atoms with Crippen molar-refractivity contribution in [3.63, 3.8) is 0 Å². The van der Waals surface area contributed by atoms with E-state index in [4.69, 9.17) is 5.73 Å². The summed E-state index contributed by atoms with van der Waals surface area (Å²) in [6.07, 6.45) is -4.84. The Balaban J connectivity index is 3.18. The second kappa shape index (κ2) is 4.25. The molecule has 0 radical (unpaired) electrons. The monoisotopic (exact) mass is 331 g/mol. The molecule has 2 N–H and O–H groups in total.